The van der Waals surface area contributed by atoms with E-state index in [1.54, 1.807) is 4.90 Å². The van der Waals surface area contributed by atoms with Gasteiger partial charge in [0.15, 0.2) is 8.32 Å². The van der Waals surface area contributed by atoms with E-state index in [1.807, 2.05) is 12.1 Å². The number of fused-ring (bicyclic) bond motifs is 2. The zero-order valence-electron chi connectivity index (χ0n) is 23.3. The summed E-state index contributed by atoms with van der Waals surface area (Å²) >= 11 is 0. The summed E-state index contributed by atoms with van der Waals surface area (Å²) in [6, 6.07) is 10.1. The quantitative estimate of drug-likeness (QED) is 0.345. The maximum Gasteiger partial charge on any atom is 0.407 e. The molecule has 2 aliphatic rings. The molecule has 3 atom stereocenters. The van der Waals surface area contributed by atoms with Gasteiger partial charge >= 0.3 is 6.09 Å². The Morgan fingerprint density at radius 1 is 1.22 bits per heavy atom. The summed E-state index contributed by atoms with van der Waals surface area (Å²) in [5.41, 5.74) is 1.93. The second kappa shape index (κ2) is 11.7. The van der Waals surface area contributed by atoms with Crippen molar-refractivity contribution in [2.75, 3.05) is 32.7 Å². The van der Waals surface area contributed by atoms with Gasteiger partial charge in [0.05, 0.1) is 17.7 Å². The Hall–Kier alpha value is -1.88. The highest BCUT2D eigenvalue weighted by Crippen LogP contribution is 2.43. The molecule has 2 heterocycles. The van der Waals surface area contributed by atoms with Crippen molar-refractivity contribution in [2.45, 2.75) is 90.5 Å². The van der Waals surface area contributed by atoms with Crippen molar-refractivity contribution in [3.05, 3.63) is 35.4 Å². The molecular formula is C29H47N3O3Si. The number of unbranched alkanes of at least 4 members (excludes halogenated alkanes) is 1. The third kappa shape index (κ3) is 7.11. The fourth-order valence-corrected chi connectivity index (χ4v) is 7.21. The monoisotopic (exact) mass is 513 g/mol. The molecule has 7 heteroatoms. The molecule has 0 saturated carbocycles. The number of carbonyl (C=O) groups is 1. The van der Waals surface area contributed by atoms with Crippen LogP contribution in [0.15, 0.2) is 24.3 Å². The van der Waals surface area contributed by atoms with E-state index in [0.29, 0.717) is 24.6 Å². The largest absolute Gasteiger partial charge is 0.465 e. The highest BCUT2D eigenvalue weighted by molar-refractivity contribution is 6.74. The van der Waals surface area contributed by atoms with Crippen molar-refractivity contribution in [2.24, 2.45) is 11.3 Å². The molecule has 3 rings (SSSR count). The first-order valence-corrected chi connectivity index (χ1v) is 16.7. The number of hydrogen-bond acceptors (Lipinski definition) is 4. The molecular weight excluding hydrogens is 466 g/mol. The van der Waals surface area contributed by atoms with Gasteiger partial charge in [-0.15, -0.1) is 0 Å². The maximum atomic E-state index is 11.8. The molecule has 2 bridgehead atoms. The lowest BCUT2D eigenvalue weighted by Crippen LogP contribution is -2.59. The zero-order valence-corrected chi connectivity index (χ0v) is 24.3. The molecule has 3 unspecified atom stereocenters. The summed E-state index contributed by atoms with van der Waals surface area (Å²) in [4.78, 5) is 16.1. The van der Waals surface area contributed by atoms with Crippen LogP contribution in [0, 0.1) is 22.7 Å². The van der Waals surface area contributed by atoms with E-state index in [9.17, 15) is 15.2 Å². The van der Waals surface area contributed by atoms with E-state index in [4.69, 9.17) is 4.43 Å². The Morgan fingerprint density at radius 3 is 2.50 bits per heavy atom. The number of amides is 1. The second-order valence-corrected chi connectivity index (χ2v) is 17.6. The molecule has 200 valence electrons. The van der Waals surface area contributed by atoms with Gasteiger partial charge in [-0.1, -0.05) is 52.7 Å². The molecule has 36 heavy (non-hydrogen) atoms. The third-order valence-corrected chi connectivity index (χ3v) is 13.2. The van der Waals surface area contributed by atoms with Gasteiger partial charge in [0, 0.05) is 31.6 Å². The lowest BCUT2D eigenvalue weighted by Gasteiger charge is -2.53. The van der Waals surface area contributed by atoms with E-state index in [2.05, 4.69) is 63.9 Å². The Labute approximate surface area is 219 Å². The first-order valence-electron chi connectivity index (χ1n) is 13.8. The Balaban J connectivity index is 1.69. The van der Waals surface area contributed by atoms with Gasteiger partial charge < -0.3 is 19.3 Å². The lowest BCUT2D eigenvalue weighted by molar-refractivity contribution is -0.0352. The van der Waals surface area contributed by atoms with E-state index < -0.39 is 14.4 Å². The molecule has 6 nitrogen and oxygen atoms in total. The fourth-order valence-electron chi connectivity index (χ4n) is 5.89. The highest BCUT2D eigenvalue weighted by Gasteiger charge is 2.46. The minimum absolute atomic E-state index is 0.0273. The van der Waals surface area contributed by atoms with Crippen LogP contribution in [0.5, 0.6) is 0 Å². The molecule has 2 fully saturated rings. The van der Waals surface area contributed by atoms with Crippen molar-refractivity contribution in [3.63, 3.8) is 0 Å². The Kier molecular flexibility index (Phi) is 9.29. The first-order chi connectivity index (χ1) is 16.9. The van der Waals surface area contributed by atoms with Crippen LogP contribution in [0.25, 0.3) is 0 Å². The van der Waals surface area contributed by atoms with Gasteiger partial charge in [-0.3, -0.25) is 0 Å². The molecule has 0 radical (unpaired) electrons. The van der Waals surface area contributed by atoms with Gasteiger partial charge in [-0.05, 0) is 74.0 Å². The SMILES string of the molecule is CCCCC12CC(CN(CCCC(O[Si](C)(C)C(C)(C)C)c3ccc(C#N)cc3)C1)CN(C(=O)O)C2. The number of rotatable bonds is 10. The molecule has 1 aromatic rings. The molecule has 1 amide bonds. The number of piperidine rings is 2. The summed E-state index contributed by atoms with van der Waals surface area (Å²) in [5, 5.41) is 19.0. The van der Waals surface area contributed by atoms with Crippen molar-refractivity contribution < 1.29 is 14.3 Å². The van der Waals surface area contributed by atoms with Crippen molar-refractivity contribution in [1.82, 2.24) is 9.80 Å². The number of likely N-dealkylation sites (tertiary alicyclic amines) is 2. The van der Waals surface area contributed by atoms with Gasteiger partial charge in [0.25, 0.3) is 0 Å². The molecule has 0 aliphatic carbocycles. The maximum absolute atomic E-state index is 11.8. The van der Waals surface area contributed by atoms with Gasteiger partial charge in [-0.2, -0.15) is 5.26 Å². The van der Waals surface area contributed by atoms with Crippen LogP contribution in [0.2, 0.25) is 18.1 Å². The Morgan fingerprint density at radius 2 is 1.92 bits per heavy atom. The summed E-state index contributed by atoms with van der Waals surface area (Å²) in [7, 11) is -1.97. The predicted octanol–water partition coefficient (Wildman–Crippen LogP) is 6.89. The van der Waals surface area contributed by atoms with Crippen LogP contribution in [0.3, 0.4) is 0 Å². The predicted molar refractivity (Wildman–Crippen MR) is 148 cm³/mol. The summed E-state index contributed by atoms with van der Waals surface area (Å²) in [5.74, 6) is 0.429. The van der Waals surface area contributed by atoms with Gasteiger partial charge in [0.2, 0.25) is 0 Å². The van der Waals surface area contributed by atoms with Crippen molar-refractivity contribution in [1.29, 1.82) is 5.26 Å². The molecule has 0 spiro atoms. The number of carboxylic acid groups (broad SMARTS) is 1. The lowest BCUT2D eigenvalue weighted by atomic mass is 9.69. The molecule has 2 aliphatic heterocycles. The molecule has 0 aromatic heterocycles. The van der Waals surface area contributed by atoms with Crippen LogP contribution >= 0.6 is 0 Å². The number of nitriles is 1. The van der Waals surface area contributed by atoms with E-state index in [0.717, 1.165) is 63.7 Å². The smallest absolute Gasteiger partial charge is 0.407 e. The van der Waals surface area contributed by atoms with Gasteiger partial charge in [-0.25, -0.2) is 4.79 Å². The molecule has 1 aromatic carbocycles. The van der Waals surface area contributed by atoms with Crippen LogP contribution in [0.4, 0.5) is 4.79 Å². The molecule has 1 N–H and O–H groups in total. The number of hydrogen-bond donors (Lipinski definition) is 1. The molecule has 2 saturated heterocycles. The standard InChI is InChI=1S/C29H47N3O3Si/c1-7-8-15-29-17-24(20-32(22-29)27(33)34)19-31(21-29)16-9-10-26(35-36(5,6)28(2,3)4)25-13-11-23(18-30)12-14-25/h11-14,24,26H,7-10,15-17,19-22H2,1-6H3,(H,33,34). The number of benzene rings is 1. The van der Waals surface area contributed by atoms with Crippen molar-refractivity contribution in [3.8, 4) is 6.07 Å². The van der Waals surface area contributed by atoms with Crippen LogP contribution < -0.4 is 0 Å². The van der Waals surface area contributed by atoms with Crippen LogP contribution in [0.1, 0.15) is 83.5 Å². The van der Waals surface area contributed by atoms with E-state index >= 15 is 0 Å². The van der Waals surface area contributed by atoms with Crippen LogP contribution in [-0.2, 0) is 4.43 Å². The minimum atomic E-state index is -1.97. The van der Waals surface area contributed by atoms with E-state index in [-0.39, 0.29) is 16.6 Å². The third-order valence-electron chi connectivity index (χ3n) is 8.73. The number of nitrogens with zero attached hydrogens (tertiary/aromatic N) is 3. The Bertz CT molecular complexity index is 921. The summed E-state index contributed by atoms with van der Waals surface area (Å²) < 4.78 is 6.90. The van der Waals surface area contributed by atoms with Gasteiger partial charge in [0.1, 0.15) is 0 Å². The first kappa shape index (κ1) is 28.7. The van der Waals surface area contributed by atoms with Crippen molar-refractivity contribution >= 4 is 14.4 Å². The average molecular weight is 514 g/mol. The summed E-state index contributed by atoms with van der Waals surface area (Å²) in [6.07, 6.45) is 5.84. The highest BCUT2D eigenvalue weighted by atomic mass is 28.4. The van der Waals surface area contributed by atoms with Crippen LogP contribution in [-0.4, -0.2) is 62.0 Å². The fraction of sp³-hybridized carbons (Fsp3) is 0.724. The summed E-state index contributed by atoms with van der Waals surface area (Å²) in [6.45, 7) is 18.0. The zero-order chi connectivity index (χ0) is 26.6. The van der Waals surface area contributed by atoms with E-state index in [1.165, 1.54) is 0 Å². The normalized spacial score (nSPS) is 23.8. The second-order valence-electron chi connectivity index (χ2n) is 12.8. The minimum Gasteiger partial charge on any atom is -0.465 e. The topological polar surface area (TPSA) is 76.8 Å². The average Bonchev–Trinajstić information content (AvgIpc) is 2.81.